The molecule has 12 heavy (non-hydrogen) atoms. The molecule has 0 fully saturated rings. The molecule has 2 aromatic rings. The second-order valence-corrected chi connectivity index (χ2v) is 3.53. The second kappa shape index (κ2) is 2.28. The van der Waals surface area contributed by atoms with Crippen molar-refractivity contribution in [1.82, 2.24) is 0 Å². The Labute approximate surface area is 72.7 Å². The number of hydrogen-bond donors (Lipinski definition) is 3. The molecule has 2 rings (SSSR count). The van der Waals surface area contributed by atoms with Gasteiger partial charge in [-0.2, -0.15) is 0 Å². The van der Waals surface area contributed by atoms with Crippen LogP contribution in [0.25, 0.3) is 10.1 Å². The number of rotatable bonds is 0. The minimum Gasteiger partial charge on any atom is -0.507 e. The first-order valence-electron chi connectivity index (χ1n) is 3.38. The zero-order chi connectivity index (χ0) is 8.72. The van der Waals surface area contributed by atoms with Gasteiger partial charge in [-0.05, 0) is 12.1 Å². The predicted molar refractivity (Wildman–Crippen MR) is 49.6 cm³/mol. The topological polar surface area (TPSA) is 66.5 Å². The van der Waals surface area contributed by atoms with Gasteiger partial charge in [0.2, 0.25) is 0 Å². The van der Waals surface area contributed by atoms with Gasteiger partial charge in [-0.25, -0.2) is 0 Å². The van der Waals surface area contributed by atoms with Gasteiger partial charge in [0.25, 0.3) is 0 Å². The molecule has 4 heteroatoms. The molecule has 0 aliphatic rings. The molecule has 1 aromatic heterocycles. The summed E-state index contributed by atoms with van der Waals surface area (Å²) in [5, 5.41) is 19.3. The van der Waals surface area contributed by atoms with Gasteiger partial charge < -0.3 is 15.9 Å². The van der Waals surface area contributed by atoms with Crippen LogP contribution in [0.5, 0.6) is 10.8 Å². The number of fused-ring (bicyclic) bond motifs is 1. The smallest absolute Gasteiger partial charge is 0.172 e. The van der Waals surface area contributed by atoms with Crippen LogP contribution in [-0.4, -0.2) is 10.2 Å². The zero-order valence-electron chi connectivity index (χ0n) is 6.11. The maximum atomic E-state index is 9.35. The van der Waals surface area contributed by atoms with Crippen LogP contribution < -0.4 is 5.73 Å². The van der Waals surface area contributed by atoms with Crippen LogP contribution in [0.1, 0.15) is 0 Å². The van der Waals surface area contributed by atoms with E-state index < -0.39 is 0 Å². The molecule has 1 heterocycles. The van der Waals surface area contributed by atoms with E-state index in [1.807, 2.05) is 0 Å². The highest BCUT2D eigenvalue weighted by atomic mass is 32.1. The summed E-state index contributed by atoms with van der Waals surface area (Å²) in [4.78, 5) is 0. The minimum atomic E-state index is 0.149. The van der Waals surface area contributed by atoms with E-state index in [0.29, 0.717) is 11.1 Å². The molecule has 1 aromatic carbocycles. The average Bonchev–Trinajstić information content (AvgIpc) is 2.41. The lowest BCUT2D eigenvalue weighted by Gasteiger charge is -1.96. The van der Waals surface area contributed by atoms with Gasteiger partial charge in [-0.1, -0.05) is 11.3 Å². The molecule has 0 saturated heterocycles. The van der Waals surface area contributed by atoms with Crippen LogP contribution in [0, 0.1) is 0 Å². The van der Waals surface area contributed by atoms with Crippen molar-refractivity contribution in [2.75, 3.05) is 5.73 Å². The van der Waals surface area contributed by atoms with Crippen LogP contribution in [0.4, 0.5) is 5.69 Å². The molecule has 0 atom stereocenters. The summed E-state index contributed by atoms with van der Waals surface area (Å²) in [5.74, 6) is 0.149. The van der Waals surface area contributed by atoms with Crippen molar-refractivity contribution in [2.24, 2.45) is 0 Å². The Morgan fingerprint density at radius 3 is 2.67 bits per heavy atom. The first-order valence-corrected chi connectivity index (χ1v) is 4.20. The van der Waals surface area contributed by atoms with Gasteiger partial charge in [0.15, 0.2) is 5.06 Å². The van der Waals surface area contributed by atoms with Gasteiger partial charge >= 0.3 is 0 Å². The van der Waals surface area contributed by atoms with E-state index in [0.717, 1.165) is 16.0 Å². The number of hydrogen-bond acceptors (Lipinski definition) is 4. The van der Waals surface area contributed by atoms with E-state index in [2.05, 4.69) is 0 Å². The molecule has 0 unspecified atom stereocenters. The van der Waals surface area contributed by atoms with Crippen LogP contribution in [-0.2, 0) is 0 Å². The number of thiophene rings is 1. The highest BCUT2D eigenvalue weighted by Crippen LogP contribution is 2.38. The highest BCUT2D eigenvalue weighted by Gasteiger charge is 2.06. The number of anilines is 1. The summed E-state index contributed by atoms with van der Waals surface area (Å²) in [7, 11) is 0. The Hall–Kier alpha value is -1.42. The molecule has 0 spiro atoms. The third-order valence-corrected chi connectivity index (χ3v) is 2.66. The van der Waals surface area contributed by atoms with Crippen molar-refractivity contribution in [2.45, 2.75) is 0 Å². The molecule has 0 aliphatic heterocycles. The Morgan fingerprint density at radius 2 is 2.00 bits per heavy atom. The number of benzene rings is 1. The Kier molecular flexibility index (Phi) is 1.38. The Bertz CT molecular complexity index is 397. The normalized spacial score (nSPS) is 10.7. The summed E-state index contributed by atoms with van der Waals surface area (Å²) in [6.45, 7) is 0. The molecule has 0 amide bonds. The van der Waals surface area contributed by atoms with Crippen LogP contribution >= 0.6 is 11.3 Å². The minimum absolute atomic E-state index is 0.149. The zero-order valence-corrected chi connectivity index (χ0v) is 6.93. The summed E-state index contributed by atoms with van der Waals surface area (Å²) in [6, 6.07) is 4.64. The molecule has 4 N–H and O–H groups in total. The molecule has 0 saturated carbocycles. The standard InChI is InChI=1S/C8H7NO2S/c9-5-1-2-6(10)4-3-7(11)12-8(4)5/h1-3,10-11H,9H2. The number of aromatic hydroxyl groups is 2. The number of phenolic OH excluding ortho intramolecular Hbond substituents is 1. The predicted octanol–water partition coefficient (Wildman–Crippen LogP) is 1.89. The number of nitrogen functional groups attached to an aromatic ring is 1. The van der Waals surface area contributed by atoms with Crippen molar-refractivity contribution in [3.05, 3.63) is 18.2 Å². The Morgan fingerprint density at radius 1 is 1.25 bits per heavy atom. The van der Waals surface area contributed by atoms with E-state index >= 15 is 0 Å². The van der Waals surface area contributed by atoms with Gasteiger partial charge in [0.05, 0.1) is 4.70 Å². The fourth-order valence-corrected chi connectivity index (χ4v) is 1.96. The maximum absolute atomic E-state index is 9.35. The third-order valence-electron chi connectivity index (χ3n) is 1.68. The Balaban J connectivity index is 2.93. The van der Waals surface area contributed by atoms with Crippen molar-refractivity contribution < 1.29 is 10.2 Å². The first kappa shape index (κ1) is 7.24. The van der Waals surface area contributed by atoms with E-state index in [1.54, 1.807) is 6.07 Å². The summed E-state index contributed by atoms with van der Waals surface area (Å²) < 4.78 is 0.729. The number of phenols is 1. The third kappa shape index (κ3) is 0.887. The van der Waals surface area contributed by atoms with Gasteiger partial charge in [0, 0.05) is 17.1 Å². The van der Waals surface area contributed by atoms with Gasteiger partial charge in [-0.15, -0.1) is 0 Å². The van der Waals surface area contributed by atoms with Gasteiger partial charge in [-0.3, -0.25) is 0 Å². The molecule has 0 bridgehead atoms. The van der Waals surface area contributed by atoms with Crippen LogP contribution in [0.15, 0.2) is 18.2 Å². The fraction of sp³-hybridized carbons (Fsp3) is 0. The summed E-state index contributed by atoms with van der Waals surface area (Å²) >= 11 is 1.16. The van der Waals surface area contributed by atoms with Crippen molar-refractivity contribution >= 4 is 27.1 Å². The summed E-state index contributed by atoms with van der Waals surface area (Å²) in [6.07, 6.45) is 0. The SMILES string of the molecule is Nc1ccc(O)c2cc(O)sc12. The fourth-order valence-electron chi connectivity index (χ4n) is 1.12. The highest BCUT2D eigenvalue weighted by molar-refractivity contribution is 7.21. The van der Waals surface area contributed by atoms with Crippen molar-refractivity contribution in [3.63, 3.8) is 0 Å². The van der Waals surface area contributed by atoms with Crippen LogP contribution in [0.3, 0.4) is 0 Å². The van der Waals surface area contributed by atoms with E-state index in [-0.39, 0.29) is 10.8 Å². The first-order chi connectivity index (χ1) is 5.68. The monoisotopic (exact) mass is 181 g/mol. The lowest BCUT2D eigenvalue weighted by atomic mass is 10.2. The molecule has 62 valence electrons. The van der Waals surface area contributed by atoms with Crippen LogP contribution in [0.2, 0.25) is 0 Å². The summed E-state index contributed by atoms with van der Waals surface area (Å²) in [5.41, 5.74) is 6.20. The largest absolute Gasteiger partial charge is 0.507 e. The maximum Gasteiger partial charge on any atom is 0.172 e. The molecule has 0 aliphatic carbocycles. The molecule has 3 nitrogen and oxygen atoms in total. The van der Waals surface area contributed by atoms with Gasteiger partial charge in [0.1, 0.15) is 5.75 Å². The lowest BCUT2D eigenvalue weighted by Crippen LogP contribution is -1.82. The molecule has 0 radical (unpaired) electrons. The van der Waals surface area contributed by atoms with E-state index in [4.69, 9.17) is 10.8 Å². The van der Waals surface area contributed by atoms with E-state index in [9.17, 15) is 5.11 Å². The quantitative estimate of drug-likeness (QED) is 0.429. The van der Waals surface area contributed by atoms with Crippen molar-refractivity contribution in [3.8, 4) is 10.8 Å². The van der Waals surface area contributed by atoms with Crippen molar-refractivity contribution in [1.29, 1.82) is 0 Å². The second-order valence-electron chi connectivity index (χ2n) is 2.50. The van der Waals surface area contributed by atoms with E-state index in [1.165, 1.54) is 12.1 Å². The lowest BCUT2D eigenvalue weighted by molar-refractivity contribution is 0.479. The number of nitrogens with two attached hydrogens (primary N) is 1. The average molecular weight is 181 g/mol. The molecular formula is C8H7NO2S. The molecular weight excluding hydrogens is 174 g/mol.